The molecule has 0 aromatic heterocycles. The van der Waals surface area contributed by atoms with Gasteiger partial charge in [-0.15, -0.1) is 0 Å². The molecule has 0 heterocycles. The fraction of sp³-hybridized carbons (Fsp3) is 0.273. The van der Waals surface area contributed by atoms with E-state index in [2.05, 4.69) is 6.58 Å². The highest BCUT2D eigenvalue weighted by Gasteiger charge is 1.99. The van der Waals surface area contributed by atoms with Crippen LogP contribution in [-0.2, 0) is 0 Å². The summed E-state index contributed by atoms with van der Waals surface area (Å²) in [5, 5.41) is 0. The summed E-state index contributed by atoms with van der Waals surface area (Å²) in [7, 11) is 1.66. The molecule has 0 spiro atoms. The van der Waals surface area contributed by atoms with E-state index in [0.717, 1.165) is 17.1 Å². The molecule has 0 fully saturated rings. The van der Waals surface area contributed by atoms with Gasteiger partial charge in [0.2, 0.25) is 0 Å². The highest BCUT2D eigenvalue weighted by Crippen LogP contribution is 2.22. The zero-order valence-corrected chi connectivity index (χ0v) is 8.04. The Labute approximate surface area is 78.8 Å². The van der Waals surface area contributed by atoms with Crippen molar-refractivity contribution in [1.29, 1.82) is 0 Å². The van der Waals surface area contributed by atoms with Crippen LogP contribution < -0.4 is 9.47 Å². The molecule has 0 unspecified atom stereocenters. The Balaban J connectivity index is 2.76. The van der Waals surface area contributed by atoms with Crippen molar-refractivity contribution in [2.75, 3.05) is 13.7 Å². The summed E-state index contributed by atoms with van der Waals surface area (Å²) >= 11 is 0. The maximum absolute atomic E-state index is 5.36. The molecule has 0 bridgehead atoms. The average Bonchev–Trinajstić information content (AvgIpc) is 2.15. The molecule has 70 valence electrons. The molecule has 0 amide bonds. The molecule has 1 aromatic rings. The van der Waals surface area contributed by atoms with Gasteiger partial charge in [-0.3, -0.25) is 0 Å². The summed E-state index contributed by atoms with van der Waals surface area (Å²) in [6, 6.07) is 5.73. The van der Waals surface area contributed by atoms with Gasteiger partial charge in [0.1, 0.15) is 18.1 Å². The lowest BCUT2D eigenvalue weighted by Gasteiger charge is -2.07. The fourth-order valence-electron chi connectivity index (χ4n) is 1.10. The minimum Gasteiger partial charge on any atom is -0.496 e. The van der Waals surface area contributed by atoms with Crippen molar-refractivity contribution < 1.29 is 9.47 Å². The third kappa shape index (κ3) is 2.51. The molecule has 1 rings (SSSR count). The van der Waals surface area contributed by atoms with Crippen molar-refractivity contribution in [2.45, 2.75) is 6.92 Å². The maximum atomic E-state index is 5.36. The molecule has 0 aliphatic rings. The van der Waals surface area contributed by atoms with E-state index in [9.17, 15) is 0 Å². The highest BCUT2D eigenvalue weighted by atomic mass is 16.5. The average molecular weight is 178 g/mol. The minimum absolute atomic E-state index is 0.534. The molecule has 1 aromatic carbocycles. The van der Waals surface area contributed by atoms with Gasteiger partial charge in [0, 0.05) is 0 Å². The van der Waals surface area contributed by atoms with Gasteiger partial charge in [0.05, 0.1) is 7.11 Å². The number of rotatable bonds is 4. The number of methoxy groups -OCH3 is 1. The lowest BCUT2D eigenvalue weighted by atomic mass is 10.2. The van der Waals surface area contributed by atoms with Gasteiger partial charge in [-0.1, -0.05) is 12.7 Å². The Morgan fingerprint density at radius 3 is 2.77 bits per heavy atom. The van der Waals surface area contributed by atoms with Crippen LogP contribution in [0.1, 0.15) is 5.56 Å². The molecule has 0 radical (unpaired) electrons. The zero-order valence-electron chi connectivity index (χ0n) is 8.04. The van der Waals surface area contributed by atoms with Gasteiger partial charge in [0.15, 0.2) is 0 Å². The lowest BCUT2D eigenvalue weighted by molar-refractivity contribution is 0.360. The van der Waals surface area contributed by atoms with Crippen molar-refractivity contribution in [2.24, 2.45) is 0 Å². The van der Waals surface area contributed by atoms with Crippen LogP contribution in [0.5, 0.6) is 11.5 Å². The molecule has 0 saturated heterocycles. The van der Waals surface area contributed by atoms with Crippen molar-refractivity contribution in [1.82, 2.24) is 0 Å². The summed E-state index contributed by atoms with van der Waals surface area (Å²) in [5.41, 5.74) is 1.07. The van der Waals surface area contributed by atoms with Gasteiger partial charge in [-0.2, -0.15) is 0 Å². The van der Waals surface area contributed by atoms with E-state index in [4.69, 9.17) is 9.47 Å². The second-order valence-corrected chi connectivity index (χ2v) is 2.73. The molecule has 2 nitrogen and oxygen atoms in total. The van der Waals surface area contributed by atoms with Crippen LogP contribution in [0.2, 0.25) is 0 Å². The largest absolute Gasteiger partial charge is 0.496 e. The zero-order chi connectivity index (χ0) is 9.68. The van der Waals surface area contributed by atoms with Crippen LogP contribution in [0, 0.1) is 6.92 Å². The number of hydrogen-bond donors (Lipinski definition) is 0. The maximum Gasteiger partial charge on any atom is 0.122 e. The van der Waals surface area contributed by atoms with Crippen LogP contribution >= 0.6 is 0 Å². The minimum atomic E-state index is 0.534. The van der Waals surface area contributed by atoms with E-state index >= 15 is 0 Å². The molecule has 0 atom stereocenters. The van der Waals surface area contributed by atoms with Crippen molar-refractivity contribution in [3.05, 3.63) is 36.4 Å². The first-order valence-electron chi connectivity index (χ1n) is 4.16. The summed E-state index contributed by atoms with van der Waals surface area (Å²) in [5.74, 6) is 1.73. The van der Waals surface area contributed by atoms with Gasteiger partial charge >= 0.3 is 0 Å². The number of ether oxygens (including phenoxy) is 2. The number of hydrogen-bond acceptors (Lipinski definition) is 2. The molecule has 13 heavy (non-hydrogen) atoms. The van der Waals surface area contributed by atoms with E-state index in [1.54, 1.807) is 13.2 Å². The van der Waals surface area contributed by atoms with Crippen LogP contribution in [0.15, 0.2) is 30.9 Å². The Morgan fingerprint density at radius 2 is 2.23 bits per heavy atom. The van der Waals surface area contributed by atoms with Crippen molar-refractivity contribution in [3.63, 3.8) is 0 Å². The smallest absolute Gasteiger partial charge is 0.122 e. The highest BCUT2D eigenvalue weighted by molar-refractivity contribution is 5.39. The second kappa shape index (κ2) is 4.55. The predicted octanol–water partition coefficient (Wildman–Crippen LogP) is 2.57. The topological polar surface area (TPSA) is 18.5 Å². The number of benzene rings is 1. The van der Waals surface area contributed by atoms with Crippen LogP contribution in [0.25, 0.3) is 0 Å². The second-order valence-electron chi connectivity index (χ2n) is 2.73. The van der Waals surface area contributed by atoms with Gasteiger partial charge in [-0.25, -0.2) is 0 Å². The Hall–Kier alpha value is -1.44. The molecular formula is C11H14O2. The SMILES string of the molecule is C=CCOc1ccc(OC)c(C)c1. The fourth-order valence-corrected chi connectivity index (χ4v) is 1.10. The quantitative estimate of drug-likeness (QED) is 0.660. The molecule has 0 aliphatic heterocycles. The van der Waals surface area contributed by atoms with E-state index < -0.39 is 0 Å². The summed E-state index contributed by atoms with van der Waals surface area (Å²) in [6.07, 6.45) is 1.72. The first-order valence-corrected chi connectivity index (χ1v) is 4.16. The van der Waals surface area contributed by atoms with E-state index in [1.807, 2.05) is 25.1 Å². The van der Waals surface area contributed by atoms with Crippen molar-refractivity contribution >= 4 is 0 Å². The molecule has 0 N–H and O–H groups in total. The van der Waals surface area contributed by atoms with Crippen LogP contribution in [0.4, 0.5) is 0 Å². The number of aryl methyl sites for hydroxylation is 1. The lowest BCUT2D eigenvalue weighted by Crippen LogP contribution is -1.94. The molecule has 2 heteroatoms. The third-order valence-corrected chi connectivity index (χ3v) is 1.73. The van der Waals surface area contributed by atoms with Crippen LogP contribution in [-0.4, -0.2) is 13.7 Å². The molecule has 0 aliphatic carbocycles. The van der Waals surface area contributed by atoms with Gasteiger partial charge in [0.25, 0.3) is 0 Å². The molecular weight excluding hydrogens is 164 g/mol. The predicted molar refractivity (Wildman–Crippen MR) is 53.4 cm³/mol. The first kappa shape index (κ1) is 9.65. The van der Waals surface area contributed by atoms with E-state index in [0.29, 0.717) is 6.61 Å². The van der Waals surface area contributed by atoms with E-state index in [1.165, 1.54) is 0 Å². The van der Waals surface area contributed by atoms with Gasteiger partial charge < -0.3 is 9.47 Å². The summed E-state index contributed by atoms with van der Waals surface area (Å²) in [6.45, 7) is 6.10. The summed E-state index contributed by atoms with van der Waals surface area (Å²) < 4.78 is 10.5. The third-order valence-electron chi connectivity index (χ3n) is 1.73. The normalized spacial score (nSPS) is 9.38. The Kier molecular flexibility index (Phi) is 3.38. The first-order chi connectivity index (χ1) is 6.27. The van der Waals surface area contributed by atoms with Gasteiger partial charge in [-0.05, 0) is 30.7 Å². The molecule has 0 saturated carbocycles. The Morgan fingerprint density at radius 1 is 1.46 bits per heavy atom. The van der Waals surface area contributed by atoms with Crippen molar-refractivity contribution in [3.8, 4) is 11.5 Å². The monoisotopic (exact) mass is 178 g/mol. The standard InChI is InChI=1S/C11H14O2/c1-4-7-13-10-5-6-11(12-3)9(2)8-10/h4-6,8H,1,7H2,2-3H3. The van der Waals surface area contributed by atoms with Crippen LogP contribution in [0.3, 0.4) is 0 Å². The summed E-state index contributed by atoms with van der Waals surface area (Å²) in [4.78, 5) is 0. The van der Waals surface area contributed by atoms with E-state index in [-0.39, 0.29) is 0 Å². The Bertz CT molecular complexity index is 292.